The van der Waals surface area contributed by atoms with Crippen LogP contribution in [-0.4, -0.2) is 17.5 Å². The van der Waals surface area contributed by atoms with Gasteiger partial charge in [0.05, 0.1) is 5.33 Å². The van der Waals surface area contributed by atoms with Gasteiger partial charge in [-0.1, -0.05) is 33.6 Å². The number of ether oxygens (including phenoxy) is 1. The fraction of sp³-hybridized carbons (Fsp3) is 0.300. The molecule has 7 heteroatoms. The first-order chi connectivity index (χ1) is 7.81. The van der Waals surface area contributed by atoms with Gasteiger partial charge in [0.15, 0.2) is 0 Å². The molecule has 0 saturated carbocycles. The van der Waals surface area contributed by atoms with Gasteiger partial charge in [-0.3, -0.25) is 4.79 Å². The molecule has 0 N–H and O–H groups in total. The van der Waals surface area contributed by atoms with E-state index >= 15 is 0 Å². The summed E-state index contributed by atoms with van der Waals surface area (Å²) >= 11 is 8.73. The number of ketones is 1. The van der Waals surface area contributed by atoms with E-state index < -0.39 is 12.1 Å². The molecule has 0 radical (unpaired) electrons. The van der Waals surface area contributed by atoms with Crippen molar-refractivity contribution in [3.8, 4) is 5.75 Å². The zero-order valence-corrected chi connectivity index (χ0v) is 10.7. The molecule has 1 rings (SSSR count). The van der Waals surface area contributed by atoms with E-state index in [0.717, 1.165) is 12.1 Å². The molecule has 0 bridgehead atoms. The number of alkyl halides is 4. The van der Waals surface area contributed by atoms with Gasteiger partial charge >= 0.3 is 6.36 Å². The highest BCUT2D eigenvalue weighted by Gasteiger charge is 2.31. The van der Waals surface area contributed by atoms with E-state index in [1.165, 1.54) is 6.07 Å². The van der Waals surface area contributed by atoms with E-state index in [1.807, 2.05) is 0 Å². The Hall–Kier alpha value is -0.750. The predicted molar refractivity (Wildman–Crippen MR) is 60.6 cm³/mol. The Morgan fingerprint density at radius 1 is 1.41 bits per heavy atom. The van der Waals surface area contributed by atoms with Crippen LogP contribution in [0.25, 0.3) is 0 Å². The third-order valence-electron chi connectivity index (χ3n) is 1.79. The van der Waals surface area contributed by atoms with Crippen LogP contribution in [-0.2, 0) is 11.2 Å². The Kier molecular flexibility index (Phi) is 4.82. The van der Waals surface area contributed by atoms with E-state index in [-0.39, 0.29) is 22.6 Å². The van der Waals surface area contributed by atoms with Crippen LogP contribution in [0.3, 0.4) is 0 Å². The molecular formula is C10H7BrClF3O2. The molecule has 1 aromatic rings. The Balaban J connectivity index is 2.83. The molecule has 0 aliphatic carbocycles. The minimum atomic E-state index is -4.75. The first kappa shape index (κ1) is 14.3. The smallest absolute Gasteiger partial charge is 0.406 e. The molecule has 0 aliphatic rings. The molecule has 0 unspecified atom stereocenters. The topological polar surface area (TPSA) is 26.3 Å². The molecule has 0 atom stereocenters. The number of hydrogen-bond acceptors (Lipinski definition) is 2. The maximum atomic E-state index is 11.9. The normalized spacial score (nSPS) is 11.4. The molecule has 0 amide bonds. The lowest BCUT2D eigenvalue weighted by Gasteiger charge is -2.10. The zero-order valence-electron chi connectivity index (χ0n) is 8.35. The summed E-state index contributed by atoms with van der Waals surface area (Å²) in [5.74, 6) is -0.520. The van der Waals surface area contributed by atoms with E-state index in [4.69, 9.17) is 11.6 Å². The van der Waals surface area contributed by atoms with Crippen molar-refractivity contribution in [3.63, 3.8) is 0 Å². The lowest BCUT2D eigenvalue weighted by atomic mass is 10.1. The predicted octanol–water partition coefficient (Wildman–Crippen LogP) is 3.75. The molecule has 2 nitrogen and oxygen atoms in total. The van der Waals surface area contributed by atoms with E-state index in [2.05, 4.69) is 20.7 Å². The Bertz CT molecular complexity index is 421. The lowest BCUT2D eigenvalue weighted by Crippen LogP contribution is -2.17. The zero-order chi connectivity index (χ0) is 13.1. The maximum absolute atomic E-state index is 11.9. The van der Waals surface area contributed by atoms with Gasteiger partial charge < -0.3 is 4.74 Å². The fourth-order valence-corrected chi connectivity index (χ4v) is 1.56. The summed E-state index contributed by atoms with van der Waals surface area (Å²) in [5, 5.41) is 0.241. The molecule has 0 heterocycles. The lowest BCUT2D eigenvalue weighted by molar-refractivity contribution is -0.274. The first-order valence-electron chi connectivity index (χ1n) is 4.43. The molecule has 1 aromatic carbocycles. The largest absolute Gasteiger partial charge is 0.573 e. The molecule has 0 spiro atoms. The number of halogens is 5. The second kappa shape index (κ2) is 5.73. The summed E-state index contributed by atoms with van der Waals surface area (Å²) in [5.41, 5.74) is 0.464. The number of Topliss-reactive ketones (excluding diaryl/α,β-unsaturated/α-hetero) is 1. The maximum Gasteiger partial charge on any atom is 0.573 e. The summed E-state index contributed by atoms with van der Waals surface area (Å²) in [6.07, 6.45) is -4.69. The SMILES string of the molecule is O=C(CBr)Cc1ccc(OC(F)(F)F)cc1Cl. The molecule has 0 fully saturated rings. The highest BCUT2D eigenvalue weighted by Crippen LogP contribution is 2.27. The third-order valence-corrected chi connectivity index (χ3v) is 2.77. The van der Waals surface area contributed by atoms with Crippen LogP contribution in [0, 0.1) is 0 Å². The summed E-state index contributed by atoms with van der Waals surface area (Å²) in [7, 11) is 0. The van der Waals surface area contributed by atoms with Gasteiger partial charge in [0.25, 0.3) is 0 Å². The monoisotopic (exact) mass is 330 g/mol. The number of hydrogen-bond donors (Lipinski definition) is 0. The van der Waals surface area contributed by atoms with Gasteiger partial charge in [-0.25, -0.2) is 0 Å². The van der Waals surface area contributed by atoms with Crippen LogP contribution in [0.5, 0.6) is 5.75 Å². The highest BCUT2D eigenvalue weighted by atomic mass is 79.9. The Morgan fingerprint density at radius 3 is 2.53 bits per heavy atom. The molecule has 17 heavy (non-hydrogen) atoms. The van der Waals surface area contributed by atoms with Crippen molar-refractivity contribution in [2.45, 2.75) is 12.8 Å². The quantitative estimate of drug-likeness (QED) is 0.786. The Labute approximate surface area is 109 Å². The van der Waals surface area contributed by atoms with Crippen LogP contribution in [0.4, 0.5) is 13.2 Å². The van der Waals surface area contributed by atoms with Gasteiger partial charge in [-0.15, -0.1) is 13.2 Å². The van der Waals surface area contributed by atoms with Crippen molar-refractivity contribution in [3.05, 3.63) is 28.8 Å². The standard InChI is InChI=1S/C10H7BrClF3O2/c11-5-7(16)3-6-1-2-8(4-9(6)12)17-10(13,14)15/h1-2,4H,3,5H2. The van der Waals surface area contributed by atoms with Crippen molar-refractivity contribution in [2.24, 2.45) is 0 Å². The highest BCUT2D eigenvalue weighted by molar-refractivity contribution is 9.09. The number of carbonyl (C=O) groups is 1. The van der Waals surface area contributed by atoms with Crippen molar-refractivity contribution in [1.82, 2.24) is 0 Å². The van der Waals surface area contributed by atoms with Crippen LogP contribution >= 0.6 is 27.5 Å². The van der Waals surface area contributed by atoms with E-state index in [9.17, 15) is 18.0 Å². The summed E-state index contributed by atoms with van der Waals surface area (Å²) < 4.78 is 39.4. The average molecular weight is 332 g/mol. The van der Waals surface area contributed by atoms with Crippen molar-refractivity contribution >= 4 is 33.3 Å². The van der Waals surface area contributed by atoms with E-state index in [0.29, 0.717) is 5.56 Å². The van der Waals surface area contributed by atoms with E-state index in [1.54, 1.807) is 0 Å². The van der Waals surface area contributed by atoms with Gasteiger partial charge in [0, 0.05) is 11.4 Å². The van der Waals surface area contributed by atoms with Crippen LogP contribution in [0.15, 0.2) is 18.2 Å². The Morgan fingerprint density at radius 2 is 2.06 bits per heavy atom. The molecule has 0 saturated heterocycles. The summed E-state index contributed by atoms with van der Waals surface area (Å²) in [4.78, 5) is 11.1. The number of carbonyl (C=O) groups excluding carboxylic acids is 1. The second-order valence-corrected chi connectivity index (χ2v) is 4.12. The van der Waals surface area contributed by atoms with Crippen molar-refractivity contribution in [2.75, 3.05) is 5.33 Å². The van der Waals surface area contributed by atoms with Crippen LogP contribution < -0.4 is 4.74 Å². The molecule has 94 valence electrons. The number of rotatable bonds is 4. The minimum absolute atomic E-state index is 0.0659. The second-order valence-electron chi connectivity index (χ2n) is 3.15. The van der Waals surface area contributed by atoms with Crippen LogP contribution in [0.1, 0.15) is 5.56 Å². The van der Waals surface area contributed by atoms with Gasteiger partial charge in [-0.05, 0) is 17.7 Å². The van der Waals surface area contributed by atoms with Gasteiger partial charge in [0.2, 0.25) is 0 Å². The van der Waals surface area contributed by atoms with Gasteiger partial charge in [-0.2, -0.15) is 0 Å². The minimum Gasteiger partial charge on any atom is -0.406 e. The number of benzene rings is 1. The first-order valence-corrected chi connectivity index (χ1v) is 5.93. The van der Waals surface area contributed by atoms with Crippen molar-refractivity contribution < 1.29 is 22.7 Å². The summed E-state index contributed by atoms with van der Waals surface area (Å²) in [6.45, 7) is 0. The molecular weight excluding hydrogens is 324 g/mol. The third kappa shape index (κ3) is 4.95. The molecule has 0 aromatic heterocycles. The van der Waals surface area contributed by atoms with Crippen molar-refractivity contribution in [1.29, 1.82) is 0 Å². The average Bonchev–Trinajstić information content (AvgIpc) is 2.19. The van der Waals surface area contributed by atoms with Gasteiger partial charge in [0.1, 0.15) is 11.5 Å². The molecule has 0 aliphatic heterocycles. The summed E-state index contributed by atoms with van der Waals surface area (Å²) in [6, 6.07) is 3.49. The fourth-order valence-electron chi connectivity index (χ4n) is 1.13. The van der Waals surface area contributed by atoms with Crippen LogP contribution in [0.2, 0.25) is 5.02 Å².